The Kier molecular flexibility index (Phi) is 9.52. The van der Waals surface area contributed by atoms with Gasteiger partial charge in [0.2, 0.25) is 5.91 Å². The monoisotopic (exact) mass is 490 g/mol. The molecule has 166 valence electrons. The Morgan fingerprint density at radius 3 is 2.23 bits per heavy atom. The molecule has 2 atom stereocenters. The molecule has 2 N–H and O–H groups in total. The molecule has 0 aliphatic carbocycles. The second-order valence-electron chi connectivity index (χ2n) is 7.31. The van der Waals surface area contributed by atoms with Crippen molar-refractivity contribution < 1.29 is 23.9 Å². The third kappa shape index (κ3) is 7.71. The molecule has 0 aliphatic heterocycles. The average Bonchev–Trinajstić information content (AvgIpc) is 2.76. The molecule has 0 heterocycles. The molecule has 7 nitrogen and oxygen atoms in total. The molecule has 0 radical (unpaired) electrons. The first kappa shape index (κ1) is 24.4. The fraction of sp³-hybridized carbons (Fsp3) is 0.348. The van der Waals surface area contributed by atoms with Crippen molar-refractivity contribution in [3.63, 3.8) is 0 Å². The first-order valence-electron chi connectivity index (χ1n) is 9.90. The van der Waals surface area contributed by atoms with Crippen LogP contribution in [-0.2, 0) is 32.1 Å². The number of methoxy groups -OCH3 is 1. The number of halogens is 1. The Labute approximate surface area is 190 Å². The van der Waals surface area contributed by atoms with Crippen LogP contribution in [0.25, 0.3) is 0 Å². The summed E-state index contributed by atoms with van der Waals surface area (Å²) in [5.41, 5.74) is 1.68. The molecule has 0 saturated heterocycles. The number of benzene rings is 2. The van der Waals surface area contributed by atoms with Crippen molar-refractivity contribution in [2.24, 2.45) is 5.92 Å². The van der Waals surface area contributed by atoms with Crippen LogP contribution in [0.15, 0.2) is 59.1 Å². The minimum atomic E-state index is -0.903. The van der Waals surface area contributed by atoms with Gasteiger partial charge in [-0.3, -0.25) is 4.79 Å². The quantitative estimate of drug-likeness (QED) is 0.523. The summed E-state index contributed by atoms with van der Waals surface area (Å²) in [6.45, 7) is 3.68. The Bertz CT molecular complexity index is 889. The number of rotatable bonds is 9. The largest absolute Gasteiger partial charge is 0.467 e. The Hall–Kier alpha value is -2.87. The third-order valence-corrected chi connectivity index (χ3v) is 5.39. The van der Waals surface area contributed by atoms with Crippen LogP contribution in [0.5, 0.6) is 0 Å². The van der Waals surface area contributed by atoms with Gasteiger partial charge in [0.1, 0.15) is 18.7 Å². The summed E-state index contributed by atoms with van der Waals surface area (Å²) in [6, 6.07) is 14.9. The van der Waals surface area contributed by atoms with E-state index < -0.39 is 30.1 Å². The lowest BCUT2D eigenvalue weighted by atomic mass is 10.0. The number of hydrogen-bond donors (Lipinski definition) is 2. The van der Waals surface area contributed by atoms with Crippen molar-refractivity contribution in [3.8, 4) is 0 Å². The lowest BCUT2D eigenvalue weighted by Crippen LogP contribution is -2.54. The number of alkyl carbamates (subject to hydrolysis) is 1. The van der Waals surface area contributed by atoms with Gasteiger partial charge in [-0.15, -0.1) is 0 Å². The molecule has 0 aliphatic rings. The van der Waals surface area contributed by atoms with Gasteiger partial charge in [0.05, 0.1) is 7.11 Å². The standard InChI is InChI=1S/C23H27BrN2O5/c1-15(2)20(26-23(29)31-14-16-9-5-4-6-10-16)21(27)25-19(22(28)30-3)13-17-11-7-8-12-18(17)24/h4-12,15,19-20H,13-14H2,1-3H3,(H,25,27)(H,26,29)/t19-,20+/m1/s1. The van der Waals surface area contributed by atoms with Crippen molar-refractivity contribution in [3.05, 3.63) is 70.2 Å². The molecule has 0 aromatic heterocycles. The topological polar surface area (TPSA) is 93.7 Å². The highest BCUT2D eigenvalue weighted by Gasteiger charge is 2.30. The fourth-order valence-corrected chi connectivity index (χ4v) is 3.35. The molecule has 2 amide bonds. The molecule has 0 spiro atoms. The smallest absolute Gasteiger partial charge is 0.408 e. The summed E-state index contributed by atoms with van der Waals surface area (Å²) in [4.78, 5) is 37.4. The van der Waals surface area contributed by atoms with E-state index in [0.29, 0.717) is 0 Å². The number of carbonyl (C=O) groups is 3. The predicted molar refractivity (Wildman–Crippen MR) is 120 cm³/mol. The Balaban J connectivity index is 2.03. The van der Waals surface area contributed by atoms with Crippen molar-refractivity contribution in [1.29, 1.82) is 0 Å². The highest BCUT2D eigenvalue weighted by molar-refractivity contribution is 9.10. The normalized spacial score (nSPS) is 12.5. The van der Waals surface area contributed by atoms with E-state index in [0.717, 1.165) is 15.6 Å². The summed E-state index contributed by atoms with van der Waals surface area (Å²) in [7, 11) is 1.26. The molecule has 0 unspecified atom stereocenters. The molecule has 2 rings (SSSR count). The van der Waals surface area contributed by atoms with E-state index in [4.69, 9.17) is 9.47 Å². The van der Waals surface area contributed by atoms with Gasteiger partial charge in [0.25, 0.3) is 0 Å². The van der Waals surface area contributed by atoms with Gasteiger partial charge in [-0.2, -0.15) is 0 Å². The summed E-state index contributed by atoms with van der Waals surface area (Å²) in [5, 5.41) is 5.29. The summed E-state index contributed by atoms with van der Waals surface area (Å²) < 4.78 is 10.9. The zero-order valence-corrected chi connectivity index (χ0v) is 19.3. The maximum absolute atomic E-state index is 12.9. The van der Waals surface area contributed by atoms with Crippen LogP contribution in [-0.4, -0.2) is 37.2 Å². The zero-order valence-electron chi connectivity index (χ0n) is 17.8. The summed E-state index contributed by atoms with van der Waals surface area (Å²) in [6.07, 6.45) is -0.471. The van der Waals surface area contributed by atoms with Crippen LogP contribution in [0, 0.1) is 5.92 Å². The van der Waals surface area contributed by atoms with Crippen LogP contribution in [0.3, 0.4) is 0 Å². The number of carbonyl (C=O) groups excluding carboxylic acids is 3. The molecule has 2 aromatic rings. The lowest BCUT2D eigenvalue weighted by Gasteiger charge is -2.24. The molecule has 0 fully saturated rings. The number of esters is 1. The van der Waals surface area contributed by atoms with Gasteiger partial charge in [0, 0.05) is 10.9 Å². The van der Waals surface area contributed by atoms with Gasteiger partial charge >= 0.3 is 12.1 Å². The first-order valence-corrected chi connectivity index (χ1v) is 10.7. The average molecular weight is 491 g/mol. The molecule has 8 heteroatoms. The van der Waals surface area contributed by atoms with E-state index in [9.17, 15) is 14.4 Å². The fourth-order valence-electron chi connectivity index (χ4n) is 2.91. The van der Waals surface area contributed by atoms with E-state index >= 15 is 0 Å². The predicted octanol–water partition coefficient (Wildman–Crippen LogP) is 3.60. The van der Waals surface area contributed by atoms with Crippen LogP contribution in [0.2, 0.25) is 0 Å². The van der Waals surface area contributed by atoms with Crippen LogP contribution in [0.4, 0.5) is 4.79 Å². The van der Waals surface area contributed by atoms with Crippen molar-refractivity contribution in [2.75, 3.05) is 7.11 Å². The number of hydrogen-bond acceptors (Lipinski definition) is 5. The molecule has 0 saturated carbocycles. The maximum atomic E-state index is 12.9. The zero-order chi connectivity index (χ0) is 22.8. The summed E-state index contributed by atoms with van der Waals surface area (Å²) >= 11 is 3.45. The number of amides is 2. The van der Waals surface area contributed by atoms with Crippen molar-refractivity contribution in [1.82, 2.24) is 10.6 Å². The van der Waals surface area contributed by atoms with Crippen molar-refractivity contribution >= 4 is 33.9 Å². The lowest BCUT2D eigenvalue weighted by molar-refractivity contribution is -0.145. The molecular weight excluding hydrogens is 464 g/mol. The second-order valence-corrected chi connectivity index (χ2v) is 8.16. The van der Waals surface area contributed by atoms with Crippen LogP contribution in [0.1, 0.15) is 25.0 Å². The van der Waals surface area contributed by atoms with E-state index in [2.05, 4.69) is 26.6 Å². The van der Waals surface area contributed by atoms with Crippen molar-refractivity contribution in [2.45, 2.75) is 39.0 Å². The first-order chi connectivity index (χ1) is 14.8. The third-order valence-electron chi connectivity index (χ3n) is 4.62. The molecule has 2 aromatic carbocycles. The van der Waals surface area contributed by atoms with Gasteiger partial charge in [-0.05, 0) is 23.1 Å². The van der Waals surface area contributed by atoms with Gasteiger partial charge in [-0.1, -0.05) is 78.3 Å². The Morgan fingerprint density at radius 1 is 0.968 bits per heavy atom. The van der Waals surface area contributed by atoms with E-state index in [1.165, 1.54) is 7.11 Å². The number of ether oxygens (including phenoxy) is 2. The number of nitrogens with one attached hydrogen (secondary N) is 2. The highest BCUT2D eigenvalue weighted by Crippen LogP contribution is 2.18. The molecular formula is C23H27BrN2O5. The molecule has 31 heavy (non-hydrogen) atoms. The van der Waals surface area contributed by atoms with E-state index in [1.807, 2.05) is 54.6 Å². The van der Waals surface area contributed by atoms with Gasteiger partial charge < -0.3 is 20.1 Å². The van der Waals surface area contributed by atoms with Gasteiger partial charge in [-0.25, -0.2) is 9.59 Å². The second kappa shape index (κ2) is 12.1. The van der Waals surface area contributed by atoms with Crippen LogP contribution < -0.4 is 10.6 Å². The minimum Gasteiger partial charge on any atom is -0.467 e. The highest BCUT2D eigenvalue weighted by atomic mass is 79.9. The minimum absolute atomic E-state index is 0.0892. The Morgan fingerprint density at radius 2 is 1.61 bits per heavy atom. The van der Waals surface area contributed by atoms with E-state index in [1.54, 1.807) is 13.8 Å². The van der Waals surface area contributed by atoms with E-state index in [-0.39, 0.29) is 18.9 Å². The maximum Gasteiger partial charge on any atom is 0.408 e. The van der Waals surface area contributed by atoms with Gasteiger partial charge in [0.15, 0.2) is 0 Å². The molecule has 0 bridgehead atoms. The summed E-state index contributed by atoms with van der Waals surface area (Å²) in [5.74, 6) is -1.29. The SMILES string of the molecule is COC(=O)[C@@H](Cc1ccccc1Br)NC(=O)[C@@H](NC(=O)OCc1ccccc1)C(C)C. The van der Waals surface area contributed by atoms with Crippen LogP contribution >= 0.6 is 15.9 Å².